The number of carbonyl (C=O) groups excluding carboxylic acids is 2. The van der Waals surface area contributed by atoms with Crippen molar-refractivity contribution in [2.75, 3.05) is 11.5 Å². The van der Waals surface area contributed by atoms with Crippen LogP contribution in [-0.4, -0.2) is 23.3 Å². The molecule has 2 heterocycles. The van der Waals surface area contributed by atoms with E-state index in [1.807, 2.05) is 0 Å². The van der Waals surface area contributed by atoms with Crippen molar-refractivity contribution >= 4 is 35.3 Å². The van der Waals surface area contributed by atoms with E-state index < -0.39 is 9.74 Å². The Hall–Kier alpha value is -2.06. The van der Waals surface area contributed by atoms with Gasteiger partial charge in [0.15, 0.2) is 0 Å². The summed E-state index contributed by atoms with van der Waals surface area (Å²) in [5.74, 6) is -0.412. The lowest BCUT2D eigenvalue weighted by atomic mass is 9.94. The summed E-state index contributed by atoms with van der Waals surface area (Å²) in [4.78, 5) is 22.4. The van der Waals surface area contributed by atoms with Crippen molar-refractivity contribution in [3.8, 4) is 0 Å². The van der Waals surface area contributed by atoms with Crippen LogP contribution in [0.15, 0.2) is 48.5 Å². The van der Waals surface area contributed by atoms with Gasteiger partial charge in [-0.15, -0.1) is 23.5 Å². The Balaban J connectivity index is 1.67. The van der Waals surface area contributed by atoms with E-state index in [4.69, 9.17) is 0 Å². The normalized spacial score (nSPS) is 26.9. The van der Waals surface area contributed by atoms with Gasteiger partial charge in [-0.05, 0) is 48.2 Å². The first-order valence-electron chi connectivity index (χ1n) is 8.83. The van der Waals surface area contributed by atoms with Gasteiger partial charge >= 0.3 is 0 Å². The number of hydrogen-bond donors (Lipinski definition) is 2. The molecule has 0 saturated carbocycles. The molecule has 2 aliphatic rings. The Kier molecular flexibility index (Phi) is 5.09. The van der Waals surface area contributed by atoms with Gasteiger partial charge in [0, 0.05) is 0 Å². The van der Waals surface area contributed by atoms with Gasteiger partial charge in [0.1, 0.15) is 21.4 Å². The monoisotopic (exact) mass is 420 g/mol. The molecule has 0 spiro atoms. The van der Waals surface area contributed by atoms with E-state index in [-0.39, 0.29) is 35.0 Å². The smallest absolute Gasteiger partial charge is 0.231 e. The van der Waals surface area contributed by atoms with Gasteiger partial charge in [0.25, 0.3) is 0 Å². The van der Waals surface area contributed by atoms with Crippen LogP contribution in [0.3, 0.4) is 0 Å². The molecule has 2 atom stereocenters. The molecule has 0 bridgehead atoms. The van der Waals surface area contributed by atoms with Gasteiger partial charge in [-0.25, -0.2) is 8.78 Å². The molecule has 0 aliphatic carbocycles. The molecule has 2 aromatic rings. The van der Waals surface area contributed by atoms with E-state index in [0.29, 0.717) is 24.0 Å². The second kappa shape index (κ2) is 7.40. The number of nitrogens with one attached hydrogen (secondary N) is 2. The quantitative estimate of drug-likeness (QED) is 0.778. The summed E-state index contributed by atoms with van der Waals surface area (Å²) in [7, 11) is 0. The summed E-state index contributed by atoms with van der Waals surface area (Å²) in [6.07, 6.45) is 0.910. The van der Waals surface area contributed by atoms with Crippen LogP contribution in [0.25, 0.3) is 0 Å². The molecule has 8 heteroatoms. The number of thioether (sulfide) groups is 2. The minimum absolute atomic E-state index is 0.114. The Morgan fingerprint density at radius 1 is 0.786 bits per heavy atom. The molecule has 4 rings (SSSR count). The fourth-order valence-electron chi connectivity index (χ4n) is 3.67. The highest BCUT2D eigenvalue weighted by Crippen LogP contribution is 2.48. The molecule has 28 heavy (non-hydrogen) atoms. The molecular weight excluding hydrogens is 402 g/mol. The third-order valence-corrected chi connectivity index (χ3v) is 7.88. The Labute approximate surface area is 169 Å². The topological polar surface area (TPSA) is 58.2 Å². The van der Waals surface area contributed by atoms with Crippen LogP contribution >= 0.6 is 23.5 Å². The lowest BCUT2D eigenvalue weighted by Crippen LogP contribution is -2.42. The lowest BCUT2D eigenvalue weighted by molar-refractivity contribution is -0.120. The lowest BCUT2D eigenvalue weighted by Gasteiger charge is -2.35. The number of carbonyl (C=O) groups is 2. The molecule has 2 saturated heterocycles. The van der Waals surface area contributed by atoms with Crippen LogP contribution in [0.5, 0.6) is 0 Å². The first kappa shape index (κ1) is 19.3. The Bertz CT molecular complexity index is 866. The Morgan fingerprint density at radius 3 is 1.54 bits per heavy atom. The summed E-state index contributed by atoms with van der Waals surface area (Å²) in [6.45, 7) is 0. The first-order chi connectivity index (χ1) is 13.4. The van der Waals surface area contributed by atoms with Crippen molar-refractivity contribution in [2.24, 2.45) is 0 Å². The highest BCUT2D eigenvalue weighted by molar-refractivity contribution is 8.01. The maximum absolute atomic E-state index is 13.8. The largest absolute Gasteiger partial charge is 0.337 e. The molecule has 2 amide bonds. The second-order valence-corrected chi connectivity index (χ2v) is 9.40. The highest BCUT2D eigenvalue weighted by atomic mass is 32.2. The summed E-state index contributed by atoms with van der Waals surface area (Å²) in [6, 6.07) is 12.4. The van der Waals surface area contributed by atoms with E-state index in [9.17, 15) is 18.4 Å². The van der Waals surface area contributed by atoms with Crippen molar-refractivity contribution < 1.29 is 18.4 Å². The number of hydrogen-bond acceptors (Lipinski definition) is 4. The standard InChI is InChI=1S/C20H18F2N2O2S2/c21-15-5-1-3-13(9-15)19(23-17(25)11-27-19)7-8-20(24-18(26)12-28-20)14-4-2-6-16(22)10-14/h1-6,9-10H,7-8,11-12H2,(H,23,25)(H,24,26). The molecular formula is C20H18F2N2O2S2. The third kappa shape index (κ3) is 3.63. The van der Waals surface area contributed by atoms with E-state index in [0.717, 1.165) is 0 Å². The fraction of sp³-hybridized carbons (Fsp3) is 0.300. The van der Waals surface area contributed by atoms with E-state index in [2.05, 4.69) is 10.6 Å². The SMILES string of the molecule is O=C1CSC(CCC2(c3cccc(F)c3)NC(=O)CS2)(c2cccc(F)c2)N1. The maximum Gasteiger partial charge on any atom is 0.231 e. The van der Waals surface area contributed by atoms with Crippen LogP contribution in [0.1, 0.15) is 24.0 Å². The number of halogens is 2. The van der Waals surface area contributed by atoms with Crippen molar-refractivity contribution in [3.63, 3.8) is 0 Å². The average Bonchev–Trinajstić information content (AvgIpc) is 3.25. The summed E-state index contributed by atoms with van der Waals surface area (Å²) >= 11 is 2.84. The van der Waals surface area contributed by atoms with Gasteiger partial charge in [-0.2, -0.15) is 0 Å². The van der Waals surface area contributed by atoms with Crippen LogP contribution in [0, 0.1) is 11.6 Å². The zero-order valence-electron chi connectivity index (χ0n) is 14.8. The van der Waals surface area contributed by atoms with Crippen molar-refractivity contribution in [1.82, 2.24) is 10.6 Å². The van der Waals surface area contributed by atoms with Crippen molar-refractivity contribution in [2.45, 2.75) is 22.6 Å². The minimum Gasteiger partial charge on any atom is -0.337 e. The van der Waals surface area contributed by atoms with E-state index in [1.54, 1.807) is 24.3 Å². The zero-order chi connectivity index (χ0) is 19.8. The predicted molar refractivity (Wildman–Crippen MR) is 107 cm³/mol. The zero-order valence-corrected chi connectivity index (χ0v) is 16.5. The maximum atomic E-state index is 13.8. The average molecular weight is 421 g/mol. The van der Waals surface area contributed by atoms with Crippen molar-refractivity contribution in [1.29, 1.82) is 0 Å². The number of rotatable bonds is 5. The van der Waals surface area contributed by atoms with Crippen LogP contribution in [-0.2, 0) is 19.3 Å². The van der Waals surface area contributed by atoms with Gasteiger partial charge in [-0.1, -0.05) is 24.3 Å². The summed E-state index contributed by atoms with van der Waals surface area (Å²) in [5.41, 5.74) is 1.35. The van der Waals surface area contributed by atoms with E-state index in [1.165, 1.54) is 47.8 Å². The highest BCUT2D eigenvalue weighted by Gasteiger charge is 2.46. The van der Waals surface area contributed by atoms with E-state index >= 15 is 0 Å². The van der Waals surface area contributed by atoms with Crippen molar-refractivity contribution in [3.05, 3.63) is 71.3 Å². The summed E-state index contributed by atoms with van der Waals surface area (Å²) in [5, 5.41) is 5.97. The van der Waals surface area contributed by atoms with Gasteiger partial charge in [0.2, 0.25) is 11.8 Å². The molecule has 2 aliphatic heterocycles. The molecule has 2 fully saturated rings. The molecule has 4 nitrogen and oxygen atoms in total. The number of benzene rings is 2. The molecule has 146 valence electrons. The second-order valence-electron chi connectivity index (χ2n) is 6.85. The van der Waals surface area contributed by atoms with Crippen LogP contribution in [0.4, 0.5) is 8.78 Å². The first-order valence-corrected chi connectivity index (χ1v) is 10.8. The molecule has 0 aromatic heterocycles. The third-order valence-electron chi connectivity index (χ3n) is 4.99. The molecule has 2 aromatic carbocycles. The van der Waals surface area contributed by atoms with Gasteiger partial charge < -0.3 is 10.6 Å². The molecule has 0 radical (unpaired) electrons. The van der Waals surface area contributed by atoms with Crippen LogP contribution < -0.4 is 10.6 Å². The predicted octanol–water partition coefficient (Wildman–Crippen LogP) is 3.48. The number of amides is 2. The minimum atomic E-state index is -0.784. The van der Waals surface area contributed by atoms with Gasteiger partial charge in [0.05, 0.1) is 11.5 Å². The summed E-state index contributed by atoms with van der Waals surface area (Å²) < 4.78 is 27.7. The molecule has 2 N–H and O–H groups in total. The van der Waals surface area contributed by atoms with Crippen LogP contribution in [0.2, 0.25) is 0 Å². The fourth-order valence-corrected chi connectivity index (χ4v) is 6.02. The molecule has 2 unspecified atom stereocenters. The Morgan fingerprint density at radius 2 is 1.21 bits per heavy atom. The van der Waals surface area contributed by atoms with Gasteiger partial charge in [-0.3, -0.25) is 9.59 Å².